The van der Waals surface area contributed by atoms with E-state index < -0.39 is 0 Å². The molecule has 0 aliphatic heterocycles. The summed E-state index contributed by atoms with van der Waals surface area (Å²) in [6, 6.07) is 13.1. The third-order valence-electron chi connectivity index (χ3n) is 3.11. The van der Waals surface area contributed by atoms with Crippen molar-refractivity contribution in [3.05, 3.63) is 58.1 Å². The third-order valence-corrected chi connectivity index (χ3v) is 3.60. The maximum Gasteiger partial charge on any atom is 0.277 e. The van der Waals surface area contributed by atoms with Crippen LogP contribution in [0.15, 0.2) is 52.0 Å². The molecule has 0 heterocycles. The normalized spacial score (nSPS) is 10.6. The molecule has 126 valence electrons. The lowest BCUT2D eigenvalue weighted by Gasteiger charge is -2.08. The number of ether oxygens (including phenoxy) is 2. The van der Waals surface area contributed by atoms with E-state index in [2.05, 4.69) is 26.5 Å². The molecule has 0 saturated heterocycles. The van der Waals surface area contributed by atoms with Crippen LogP contribution < -0.4 is 14.9 Å². The number of halogens is 1. The standard InChI is InChI=1S/C18H19BrN2O3/c1-3-23-17-7-5-4-6-14(17)11-20-21-18(22)12-24-16-9-8-15(19)10-13(16)2/h4-11H,3,12H2,1-2H3,(H,21,22)/b20-11+. The van der Waals surface area contributed by atoms with Gasteiger partial charge in [0.05, 0.1) is 12.8 Å². The first kappa shape index (κ1) is 18.0. The largest absolute Gasteiger partial charge is 0.493 e. The van der Waals surface area contributed by atoms with Gasteiger partial charge in [-0.2, -0.15) is 5.10 Å². The molecule has 0 aliphatic rings. The molecule has 1 N–H and O–H groups in total. The zero-order valence-electron chi connectivity index (χ0n) is 13.6. The molecule has 0 unspecified atom stereocenters. The minimum atomic E-state index is -0.331. The zero-order chi connectivity index (χ0) is 17.4. The molecular formula is C18H19BrN2O3. The Labute approximate surface area is 149 Å². The predicted octanol–water partition coefficient (Wildman–Crippen LogP) is 3.69. The molecule has 0 bridgehead atoms. The molecule has 0 aromatic heterocycles. The molecule has 2 aromatic carbocycles. The summed E-state index contributed by atoms with van der Waals surface area (Å²) < 4.78 is 11.9. The topological polar surface area (TPSA) is 59.9 Å². The second-order valence-electron chi connectivity index (χ2n) is 4.96. The van der Waals surface area contributed by atoms with Crippen molar-refractivity contribution in [2.45, 2.75) is 13.8 Å². The number of carbonyl (C=O) groups is 1. The Bertz CT molecular complexity index is 732. The molecule has 0 aliphatic carbocycles. The molecule has 0 radical (unpaired) electrons. The summed E-state index contributed by atoms with van der Waals surface area (Å²) in [6.07, 6.45) is 1.55. The molecule has 2 aromatic rings. The molecule has 0 saturated carbocycles. The minimum Gasteiger partial charge on any atom is -0.493 e. The van der Waals surface area contributed by atoms with Crippen LogP contribution >= 0.6 is 15.9 Å². The summed E-state index contributed by atoms with van der Waals surface area (Å²) in [5.41, 5.74) is 4.19. The maximum atomic E-state index is 11.8. The number of carbonyl (C=O) groups excluding carboxylic acids is 1. The van der Waals surface area contributed by atoms with Gasteiger partial charge in [0.1, 0.15) is 11.5 Å². The van der Waals surface area contributed by atoms with Crippen LogP contribution in [0.3, 0.4) is 0 Å². The van der Waals surface area contributed by atoms with Gasteiger partial charge in [-0.25, -0.2) is 5.43 Å². The van der Waals surface area contributed by atoms with Crippen molar-refractivity contribution < 1.29 is 14.3 Å². The van der Waals surface area contributed by atoms with Crippen LogP contribution in [0.25, 0.3) is 0 Å². The Morgan fingerprint density at radius 1 is 1.21 bits per heavy atom. The smallest absolute Gasteiger partial charge is 0.277 e. The number of hydrazone groups is 1. The van der Waals surface area contributed by atoms with E-state index >= 15 is 0 Å². The first-order valence-corrected chi connectivity index (χ1v) is 8.32. The quantitative estimate of drug-likeness (QED) is 0.579. The molecule has 5 nitrogen and oxygen atoms in total. The molecule has 0 spiro atoms. The number of benzene rings is 2. The van der Waals surface area contributed by atoms with Crippen LogP contribution in [0.4, 0.5) is 0 Å². The Morgan fingerprint density at radius 2 is 2.00 bits per heavy atom. The van der Waals surface area contributed by atoms with Gasteiger partial charge in [0.25, 0.3) is 5.91 Å². The van der Waals surface area contributed by atoms with E-state index in [1.807, 2.05) is 56.3 Å². The highest BCUT2D eigenvalue weighted by molar-refractivity contribution is 9.10. The SMILES string of the molecule is CCOc1ccccc1/C=N/NC(=O)COc1ccc(Br)cc1C. The monoisotopic (exact) mass is 390 g/mol. The molecule has 24 heavy (non-hydrogen) atoms. The number of amides is 1. The van der Waals surface area contributed by atoms with Gasteiger partial charge >= 0.3 is 0 Å². The van der Waals surface area contributed by atoms with Gasteiger partial charge in [-0.1, -0.05) is 28.1 Å². The summed E-state index contributed by atoms with van der Waals surface area (Å²) in [6.45, 7) is 4.29. The Kier molecular flexibility index (Phi) is 6.81. The fourth-order valence-corrected chi connectivity index (χ4v) is 2.47. The van der Waals surface area contributed by atoms with Gasteiger partial charge in [0, 0.05) is 10.0 Å². The van der Waals surface area contributed by atoms with Gasteiger partial charge in [-0.05, 0) is 49.7 Å². The second-order valence-corrected chi connectivity index (χ2v) is 5.88. The van der Waals surface area contributed by atoms with E-state index in [9.17, 15) is 4.79 Å². The zero-order valence-corrected chi connectivity index (χ0v) is 15.2. The summed E-state index contributed by atoms with van der Waals surface area (Å²) >= 11 is 3.39. The van der Waals surface area contributed by atoms with Gasteiger partial charge in [-0.3, -0.25) is 4.79 Å². The van der Waals surface area contributed by atoms with Gasteiger partial charge in [-0.15, -0.1) is 0 Å². The minimum absolute atomic E-state index is 0.104. The highest BCUT2D eigenvalue weighted by Crippen LogP contribution is 2.22. The average Bonchev–Trinajstić information content (AvgIpc) is 2.56. The Hall–Kier alpha value is -2.34. The van der Waals surface area contributed by atoms with Crippen molar-refractivity contribution >= 4 is 28.1 Å². The predicted molar refractivity (Wildman–Crippen MR) is 97.7 cm³/mol. The number of rotatable bonds is 7. The Balaban J connectivity index is 1.87. The van der Waals surface area contributed by atoms with E-state index in [1.54, 1.807) is 6.21 Å². The molecular weight excluding hydrogens is 372 g/mol. The third kappa shape index (κ3) is 5.38. The lowest BCUT2D eigenvalue weighted by Crippen LogP contribution is -2.24. The van der Waals surface area contributed by atoms with Crippen LogP contribution in [0.2, 0.25) is 0 Å². The first-order chi connectivity index (χ1) is 11.6. The lowest BCUT2D eigenvalue weighted by molar-refractivity contribution is -0.123. The number of hydrogen-bond donors (Lipinski definition) is 1. The van der Waals surface area contributed by atoms with Crippen LogP contribution in [0, 0.1) is 6.92 Å². The number of aryl methyl sites for hydroxylation is 1. The lowest BCUT2D eigenvalue weighted by atomic mass is 10.2. The first-order valence-electron chi connectivity index (χ1n) is 7.53. The summed E-state index contributed by atoms with van der Waals surface area (Å²) in [5.74, 6) is 1.06. The average molecular weight is 391 g/mol. The fourth-order valence-electron chi connectivity index (χ4n) is 2.00. The fraction of sp³-hybridized carbons (Fsp3) is 0.222. The maximum absolute atomic E-state index is 11.8. The van der Waals surface area contributed by atoms with Gasteiger partial charge in [0.2, 0.25) is 0 Å². The van der Waals surface area contributed by atoms with E-state index in [1.165, 1.54) is 0 Å². The molecule has 0 fully saturated rings. The molecule has 1 amide bonds. The van der Waals surface area contributed by atoms with E-state index in [0.29, 0.717) is 12.4 Å². The van der Waals surface area contributed by atoms with E-state index in [0.717, 1.165) is 21.3 Å². The van der Waals surface area contributed by atoms with E-state index in [4.69, 9.17) is 9.47 Å². The van der Waals surface area contributed by atoms with Crippen LogP contribution in [0.5, 0.6) is 11.5 Å². The van der Waals surface area contributed by atoms with Crippen molar-refractivity contribution in [1.29, 1.82) is 0 Å². The van der Waals surface area contributed by atoms with Crippen molar-refractivity contribution in [2.75, 3.05) is 13.2 Å². The van der Waals surface area contributed by atoms with Crippen molar-refractivity contribution in [3.63, 3.8) is 0 Å². The number of nitrogens with one attached hydrogen (secondary N) is 1. The summed E-state index contributed by atoms with van der Waals surface area (Å²) in [5, 5.41) is 3.94. The molecule has 6 heteroatoms. The Morgan fingerprint density at radius 3 is 2.75 bits per heavy atom. The highest BCUT2D eigenvalue weighted by atomic mass is 79.9. The van der Waals surface area contributed by atoms with Gasteiger partial charge in [0.15, 0.2) is 6.61 Å². The number of para-hydroxylation sites is 1. The number of hydrogen-bond acceptors (Lipinski definition) is 4. The second kappa shape index (κ2) is 9.08. The van der Waals surface area contributed by atoms with Crippen molar-refractivity contribution in [1.82, 2.24) is 5.43 Å². The van der Waals surface area contributed by atoms with Crippen molar-refractivity contribution in [2.24, 2.45) is 5.10 Å². The molecule has 2 rings (SSSR count). The van der Waals surface area contributed by atoms with Crippen LogP contribution in [-0.4, -0.2) is 25.3 Å². The van der Waals surface area contributed by atoms with Crippen LogP contribution in [-0.2, 0) is 4.79 Å². The molecule has 0 atom stereocenters. The highest BCUT2D eigenvalue weighted by Gasteiger charge is 2.05. The van der Waals surface area contributed by atoms with Gasteiger partial charge < -0.3 is 9.47 Å². The summed E-state index contributed by atoms with van der Waals surface area (Å²) in [4.78, 5) is 11.8. The van der Waals surface area contributed by atoms with Crippen LogP contribution in [0.1, 0.15) is 18.1 Å². The summed E-state index contributed by atoms with van der Waals surface area (Å²) in [7, 11) is 0. The number of nitrogens with zero attached hydrogens (tertiary/aromatic N) is 1. The van der Waals surface area contributed by atoms with Crippen molar-refractivity contribution in [3.8, 4) is 11.5 Å². The van der Waals surface area contributed by atoms with E-state index in [-0.39, 0.29) is 12.5 Å².